The van der Waals surface area contributed by atoms with Crippen LogP contribution in [0.1, 0.15) is 46.0 Å². The lowest BCUT2D eigenvalue weighted by atomic mass is 9.84. The molecule has 0 aromatic heterocycles. The van der Waals surface area contributed by atoms with Gasteiger partial charge in [0.15, 0.2) is 5.96 Å². The highest BCUT2D eigenvalue weighted by Crippen LogP contribution is 2.32. The summed E-state index contributed by atoms with van der Waals surface area (Å²) in [4.78, 5) is 7.34. The van der Waals surface area contributed by atoms with E-state index in [0.29, 0.717) is 19.2 Å². The molecule has 0 radical (unpaired) electrons. The Bertz CT molecular complexity index is 383. The van der Waals surface area contributed by atoms with Crippen molar-refractivity contribution in [2.45, 2.75) is 52.0 Å². The summed E-state index contributed by atoms with van der Waals surface area (Å²) in [7, 11) is 0. The third kappa shape index (κ3) is 5.90. The molecule has 140 valence electrons. The highest BCUT2D eigenvalue weighted by molar-refractivity contribution is 5.79. The molecule has 24 heavy (non-hydrogen) atoms. The molecule has 0 spiro atoms. The monoisotopic (exact) mass is 340 g/mol. The number of piperidine rings is 1. The van der Waals surface area contributed by atoms with Crippen LogP contribution in [-0.4, -0.2) is 74.6 Å². The average molecular weight is 341 g/mol. The normalized spacial score (nSPS) is 29.0. The number of nitrogens with zero attached hydrogens (tertiary/aromatic N) is 2. The zero-order chi connectivity index (χ0) is 17.3. The molecule has 6 nitrogen and oxygen atoms in total. The summed E-state index contributed by atoms with van der Waals surface area (Å²) in [6.45, 7) is 10.9. The number of likely N-dealkylation sites (tertiary alicyclic amines) is 1. The Balaban J connectivity index is 1.81. The van der Waals surface area contributed by atoms with Crippen LogP contribution in [0.3, 0.4) is 0 Å². The summed E-state index contributed by atoms with van der Waals surface area (Å²) in [6, 6.07) is 0.698. The number of ether oxygens (including phenoxy) is 1. The van der Waals surface area contributed by atoms with Crippen LogP contribution in [0.15, 0.2) is 4.99 Å². The lowest BCUT2D eigenvalue weighted by Crippen LogP contribution is -2.45. The smallest absolute Gasteiger partial charge is 0.191 e. The maximum absolute atomic E-state index is 9.33. The van der Waals surface area contributed by atoms with Gasteiger partial charge in [0.25, 0.3) is 0 Å². The first kappa shape index (κ1) is 19.5. The molecule has 6 heteroatoms. The SMILES string of the molecule is CCNC(=NCC1(CCO)CCOC1)NCCN1CCCCC1C. The lowest BCUT2D eigenvalue weighted by Gasteiger charge is -2.33. The molecule has 0 aromatic rings. The Kier molecular flexibility index (Phi) is 8.29. The first-order chi connectivity index (χ1) is 11.7. The lowest BCUT2D eigenvalue weighted by molar-refractivity contribution is 0.131. The zero-order valence-electron chi connectivity index (χ0n) is 15.5. The van der Waals surface area contributed by atoms with Crippen LogP contribution in [0, 0.1) is 5.41 Å². The van der Waals surface area contributed by atoms with Gasteiger partial charge in [-0.2, -0.15) is 0 Å². The molecule has 0 bridgehead atoms. The van der Waals surface area contributed by atoms with Gasteiger partial charge in [0, 0.05) is 44.3 Å². The van der Waals surface area contributed by atoms with Crippen LogP contribution in [0.2, 0.25) is 0 Å². The predicted octanol–water partition coefficient (Wildman–Crippen LogP) is 1.21. The number of nitrogens with one attached hydrogen (secondary N) is 2. The molecule has 0 amide bonds. The van der Waals surface area contributed by atoms with E-state index in [-0.39, 0.29) is 12.0 Å². The van der Waals surface area contributed by atoms with E-state index in [2.05, 4.69) is 29.4 Å². The largest absolute Gasteiger partial charge is 0.396 e. The van der Waals surface area contributed by atoms with E-state index < -0.39 is 0 Å². The predicted molar refractivity (Wildman–Crippen MR) is 98.4 cm³/mol. The summed E-state index contributed by atoms with van der Waals surface area (Å²) >= 11 is 0. The highest BCUT2D eigenvalue weighted by Gasteiger charge is 2.34. The summed E-state index contributed by atoms with van der Waals surface area (Å²) < 4.78 is 5.55. The van der Waals surface area contributed by atoms with Gasteiger partial charge < -0.3 is 20.5 Å². The van der Waals surface area contributed by atoms with Crippen LogP contribution in [-0.2, 0) is 4.74 Å². The highest BCUT2D eigenvalue weighted by atomic mass is 16.5. The van der Waals surface area contributed by atoms with Gasteiger partial charge in [-0.05, 0) is 46.1 Å². The average Bonchev–Trinajstić information content (AvgIpc) is 3.04. The third-order valence-corrected chi connectivity index (χ3v) is 5.38. The second kappa shape index (κ2) is 10.2. The van der Waals surface area contributed by atoms with Crippen molar-refractivity contribution in [2.24, 2.45) is 10.4 Å². The molecular formula is C18H36N4O2. The molecule has 0 aliphatic carbocycles. The van der Waals surface area contributed by atoms with Gasteiger partial charge in [0.2, 0.25) is 0 Å². The van der Waals surface area contributed by atoms with Crippen molar-refractivity contribution in [1.29, 1.82) is 0 Å². The van der Waals surface area contributed by atoms with Crippen LogP contribution in [0.4, 0.5) is 0 Å². The fraction of sp³-hybridized carbons (Fsp3) is 0.944. The summed E-state index contributed by atoms with van der Waals surface area (Å²) in [5.41, 5.74) is 0.0124. The number of rotatable bonds is 8. The van der Waals surface area contributed by atoms with Crippen molar-refractivity contribution >= 4 is 5.96 Å². The molecule has 2 aliphatic rings. The van der Waals surface area contributed by atoms with E-state index in [1.54, 1.807) is 0 Å². The van der Waals surface area contributed by atoms with Crippen molar-refractivity contribution in [1.82, 2.24) is 15.5 Å². The van der Waals surface area contributed by atoms with E-state index in [4.69, 9.17) is 9.73 Å². The van der Waals surface area contributed by atoms with Crippen molar-refractivity contribution in [3.05, 3.63) is 0 Å². The number of hydrogen-bond donors (Lipinski definition) is 3. The Labute approximate surface area is 147 Å². The van der Waals surface area contributed by atoms with E-state index in [9.17, 15) is 5.11 Å². The van der Waals surface area contributed by atoms with E-state index in [1.165, 1.54) is 25.8 Å². The molecule has 2 aliphatic heterocycles. The van der Waals surface area contributed by atoms with Crippen molar-refractivity contribution in [2.75, 3.05) is 52.5 Å². The van der Waals surface area contributed by atoms with Crippen molar-refractivity contribution in [3.8, 4) is 0 Å². The second-order valence-electron chi connectivity index (χ2n) is 7.28. The summed E-state index contributed by atoms with van der Waals surface area (Å²) in [5.74, 6) is 0.881. The molecule has 2 fully saturated rings. The first-order valence-electron chi connectivity index (χ1n) is 9.64. The fourth-order valence-corrected chi connectivity index (χ4v) is 3.68. The van der Waals surface area contributed by atoms with Crippen LogP contribution in [0.25, 0.3) is 0 Å². The fourth-order valence-electron chi connectivity index (χ4n) is 3.68. The Morgan fingerprint density at radius 1 is 1.38 bits per heavy atom. The molecule has 2 unspecified atom stereocenters. The minimum Gasteiger partial charge on any atom is -0.396 e. The zero-order valence-corrected chi connectivity index (χ0v) is 15.5. The Morgan fingerprint density at radius 2 is 2.25 bits per heavy atom. The molecule has 2 rings (SSSR count). The first-order valence-corrected chi connectivity index (χ1v) is 9.64. The van der Waals surface area contributed by atoms with Gasteiger partial charge in [0.1, 0.15) is 0 Å². The molecular weight excluding hydrogens is 304 g/mol. The molecule has 2 heterocycles. The standard InChI is InChI=1S/C18H36N4O2/c1-3-19-17(20-9-11-22-10-5-4-6-16(22)2)21-14-18(7-12-23)8-13-24-15-18/h16,23H,3-15H2,1-2H3,(H2,19,20,21). The number of aliphatic imine (C=N–C) groups is 1. The molecule has 3 N–H and O–H groups in total. The van der Waals surface area contributed by atoms with Gasteiger partial charge in [0.05, 0.1) is 13.2 Å². The maximum atomic E-state index is 9.33. The van der Waals surface area contributed by atoms with Gasteiger partial charge in [-0.3, -0.25) is 9.89 Å². The summed E-state index contributed by atoms with van der Waals surface area (Å²) in [6.07, 6.45) is 5.76. The molecule has 0 aromatic carbocycles. The van der Waals surface area contributed by atoms with E-state index >= 15 is 0 Å². The van der Waals surface area contributed by atoms with Crippen molar-refractivity contribution in [3.63, 3.8) is 0 Å². The van der Waals surface area contributed by atoms with Gasteiger partial charge >= 0.3 is 0 Å². The Hall–Kier alpha value is -0.850. The number of hydrogen-bond acceptors (Lipinski definition) is 4. The number of guanidine groups is 1. The van der Waals surface area contributed by atoms with E-state index in [0.717, 1.165) is 45.0 Å². The van der Waals surface area contributed by atoms with Gasteiger partial charge in [-0.25, -0.2) is 0 Å². The quantitative estimate of drug-likeness (QED) is 0.458. The topological polar surface area (TPSA) is 69.1 Å². The molecule has 2 saturated heterocycles. The van der Waals surface area contributed by atoms with Crippen molar-refractivity contribution < 1.29 is 9.84 Å². The molecule has 0 saturated carbocycles. The van der Waals surface area contributed by atoms with Gasteiger partial charge in [-0.15, -0.1) is 0 Å². The van der Waals surface area contributed by atoms with Crippen LogP contribution < -0.4 is 10.6 Å². The maximum Gasteiger partial charge on any atom is 0.191 e. The third-order valence-electron chi connectivity index (χ3n) is 5.38. The van der Waals surface area contributed by atoms with E-state index in [1.807, 2.05) is 0 Å². The number of aliphatic hydroxyl groups excluding tert-OH is 1. The van der Waals surface area contributed by atoms with Crippen LogP contribution in [0.5, 0.6) is 0 Å². The minimum absolute atomic E-state index is 0.0124. The minimum atomic E-state index is 0.0124. The van der Waals surface area contributed by atoms with Crippen LogP contribution >= 0.6 is 0 Å². The van der Waals surface area contributed by atoms with Gasteiger partial charge in [-0.1, -0.05) is 6.42 Å². The molecule has 2 atom stereocenters. The second-order valence-corrected chi connectivity index (χ2v) is 7.28. The number of aliphatic hydroxyl groups is 1. The summed E-state index contributed by atoms with van der Waals surface area (Å²) in [5, 5.41) is 16.1. The Morgan fingerprint density at radius 3 is 2.92 bits per heavy atom.